The predicted molar refractivity (Wildman–Crippen MR) is 383 cm³/mol. The zero-order chi connectivity index (χ0) is 67.3. The Morgan fingerprint density at radius 3 is 1.08 bits per heavy atom. The number of aliphatic hydroxyl groups is 8. The molecular weight excluding hydrogens is 1170 g/mol. The van der Waals surface area contributed by atoms with Crippen molar-refractivity contribution in [2.24, 2.45) is 0 Å². The third kappa shape index (κ3) is 47.0. The minimum atomic E-state index is -1.79. The lowest BCUT2D eigenvalue weighted by Gasteiger charge is -2.46. The van der Waals surface area contributed by atoms with Gasteiger partial charge >= 0.3 is 0 Å². The molecule has 14 nitrogen and oxygen atoms in total. The first-order valence-electron chi connectivity index (χ1n) is 39.7. The molecule has 2 rings (SSSR count). The van der Waals surface area contributed by atoms with E-state index < -0.39 is 86.8 Å². The van der Waals surface area contributed by atoms with Crippen LogP contribution in [-0.2, 0) is 23.7 Å². The lowest BCUT2D eigenvalue weighted by Crippen LogP contribution is -2.65. The van der Waals surface area contributed by atoms with E-state index in [0.29, 0.717) is 6.42 Å². The van der Waals surface area contributed by atoms with Gasteiger partial charge in [-0.3, -0.25) is 4.79 Å². The van der Waals surface area contributed by atoms with Crippen LogP contribution in [0.2, 0.25) is 0 Å². The van der Waals surface area contributed by atoms with E-state index in [1.54, 1.807) is 6.08 Å². The molecular formula is C79H149NO13. The number of unbranched alkanes of at least 4 members (excludes halogenated alkanes) is 50. The van der Waals surface area contributed by atoms with Crippen LogP contribution in [0.1, 0.15) is 367 Å². The number of rotatable bonds is 67. The zero-order valence-electron chi connectivity index (χ0n) is 60.0. The van der Waals surface area contributed by atoms with Gasteiger partial charge < -0.3 is 65.1 Å². The molecule has 2 saturated heterocycles. The monoisotopic (exact) mass is 1320 g/mol. The van der Waals surface area contributed by atoms with E-state index in [2.05, 4.69) is 43.5 Å². The first-order valence-corrected chi connectivity index (χ1v) is 39.7. The highest BCUT2D eigenvalue weighted by Crippen LogP contribution is 2.30. The van der Waals surface area contributed by atoms with Crippen molar-refractivity contribution in [3.05, 3.63) is 36.5 Å². The van der Waals surface area contributed by atoms with Crippen molar-refractivity contribution in [3.63, 3.8) is 0 Å². The fraction of sp³-hybridized carbons (Fsp3) is 0.911. The van der Waals surface area contributed by atoms with E-state index in [1.807, 2.05) is 6.08 Å². The lowest BCUT2D eigenvalue weighted by atomic mass is 9.97. The van der Waals surface area contributed by atoms with Crippen molar-refractivity contribution < 1.29 is 64.6 Å². The van der Waals surface area contributed by atoms with Gasteiger partial charge in [0, 0.05) is 6.42 Å². The van der Waals surface area contributed by atoms with Gasteiger partial charge in [-0.25, -0.2) is 0 Å². The number of nitrogens with one attached hydrogen (secondary N) is 1. The van der Waals surface area contributed by atoms with Crippen molar-refractivity contribution in [1.29, 1.82) is 0 Å². The van der Waals surface area contributed by atoms with Crippen molar-refractivity contribution in [2.75, 3.05) is 19.8 Å². The average Bonchev–Trinajstić information content (AvgIpc) is 0.854. The second-order valence-electron chi connectivity index (χ2n) is 28.2. The van der Waals surface area contributed by atoms with E-state index in [-0.39, 0.29) is 18.9 Å². The Bertz CT molecular complexity index is 1700. The van der Waals surface area contributed by atoms with E-state index >= 15 is 0 Å². The van der Waals surface area contributed by atoms with Crippen LogP contribution in [0.4, 0.5) is 0 Å². The molecule has 14 heteroatoms. The topological polar surface area (TPSA) is 228 Å². The van der Waals surface area contributed by atoms with Gasteiger partial charge in [0.2, 0.25) is 5.91 Å². The van der Waals surface area contributed by atoms with E-state index in [4.69, 9.17) is 18.9 Å². The van der Waals surface area contributed by atoms with Gasteiger partial charge in [-0.1, -0.05) is 346 Å². The summed E-state index contributed by atoms with van der Waals surface area (Å²) in [5.74, 6) is -0.231. The number of ether oxygens (including phenoxy) is 4. The maximum absolute atomic E-state index is 13.4. The molecule has 0 aromatic rings. The first kappa shape index (κ1) is 87.3. The third-order valence-electron chi connectivity index (χ3n) is 19.6. The van der Waals surface area contributed by atoms with Gasteiger partial charge in [-0.2, -0.15) is 0 Å². The van der Waals surface area contributed by atoms with Crippen molar-refractivity contribution >= 4 is 5.91 Å². The summed E-state index contributed by atoms with van der Waals surface area (Å²) in [6.07, 6.45) is 66.5. The molecule has 0 saturated carbocycles. The lowest BCUT2D eigenvalue weighted by molar-refractivity contribution is -0.359. The molecule has 2 heterocycles. The zero-order valence-corrected chi connectivity index (χ0v) is 60.0. The van der Waals surface area contributed by atoms with Gasteiger partial charge in [-0.15, -0.1) is 0 Å². The average molecular weight is 1320 g/mol. The second kappa shape index (κ2) is 63.6. The molecule has 2 aliphatic heterocycles. The molecule has 12 atom stereocenters. The Morgan fingerprint density at radius 2 is 0.710 bits per heavy atom. The summed E-state index contributed by atoms with van der Waals surface area (Å²) >= 11 is 0. The highest BCUT2D eigenvalue weighted by atomic mass is 16.7. The Kier molecular flexibility index (Phi) is 59.7. The molecule has 9 N–H and O–H groups in total. The Balaban J connectivity index is 1.60. The van der Waals surface area contributed by atoms with Crippen LogP contribution in [0.25, 0.3) is 0 Å². The smallest absolute Gasteiger partial charge is 0.220 e. The summed E-state index contributed by atoms with van der Waals surface area (Å²) < 4.78 is 22.9. The Morgan fingerprint density at radius 1 is 0.387 bits per heavy atom. The summed E-state index contributed by atoms with van der Waals surface area (Å²) in [7, 11) is 0. The van der Waals surface area contributed by atoms with Crippen LogP contribution in [0.5, 0.6) is 0 Å². The second-order valence-corrected chi connectivity index (χ2v) is 28.2. The van der Waals surface area contributed by atoms with Crippen LogP contribution in [0.15, 0.2) is 36.5 Å². The summed E-state index contributed by atoms with van der Waals surface area (Å²) in [6, 6.07) is -0.914. The molecule has 0 bridgehead atoms. The molecule has 1 amide bonds. The van der Waals surface area contributed by atoms with E-state index in [0.717, 1.165) is 44.9 Å². The van der Waals surface area contributed by atoms with Crippen LogP contribution in [0, 0.1) is 0 Å². The third-order valence-corrected chi connectivity index (χ3v) is 19.6. The SMILES string of the molecule is CCCCCCC/C=C\C/C=C\CCCCCCCCCCCCCCCCCCCCCCCCCC(=O)NC(COC1OC(CO)C(OC2OC(CO)C(O)C(O)C2O)C(O)C1O)C(O)/C=C/CCCCCCCCCCCCCCCCCCCCCCCC. The van der Waals surface area contributed by atoms with Crippen LogP contribution in [0.3, 0.4) is 0 Å². The van der Waals surface area contributed by atoms with Gasteiger partial charge in [0.25, 0.3) is 0 Å². The van der Waals surface area contributed by atoms with E-state index in [9.17, 15) is 45.6 Å². The first-order chi connectivity index (χ1) is 45.6. The number of aliphatic hydroxyl groups excluding tert-OH is 8. The molecule has 548 valence electrons. The number of hydrogen-bond donors (Lipinski definition) is 9. The highest BCUT2D eigenvalue weighted by Gasteiger charge is 2.51. The van der Waals surface area contributed by atoms with Crippen molar-refractivity contribution in [3.8, 4) is 0 Å². The number of carbonyl (C=O) groups is 1. The minimum absolute atomic E-state index is 0.231. The standard InChI is InChI=1S/C79H149NO13/c1-3-5-7-9-11-13-15-17-19-21-23-25-27-29-30-31-32-33-34-35-36-37-38-39-41-43-45-47-49-51-53-55-57-59-61-63-71(84)80-67(66-90-78-76(89)74(87)77(70(65-82)92-78)93-79-75(88)73(86)72(85)69(64-81)91-79)68(83)62-60-58-56-54-52-50-48-46-44-42-40-28-26-24-22-20-18-16-14-12-10-8-6-4-2/h15,17,21,23,60,62,67-70,72-79,81-83,85-89H,3-14,16,18-20,22,24-59,61,63-66H2,1-2H3,(H,80,84)/b17-15-,23-21-,62-60+. The van der Waals surface area contributed by atoms with Crippen molar-refractivity contribution in [2.45, 2.75) is 441 Å². The molecule has 0 radical (unpaired) electrons. The molecule has 12 unspecified atom stereocenters. The number of hydrogen-bond acceptors (Lipinski definition) is 13. The van der Waals surface area contributed by atoms with Crippen LogP contribution in [-0.4, -0.2) is 140 Å². The fourth-order valence-corrected chi connectivity index (χ4v) is 13.3. The maximum Gasteiger partial charge on any atom is 0.220 e. The molecule has 2 fully saturated rings. The molecule has 0 spiro atoms. The number of carbonyl (C=O) groups excluding carboxylic acids is 1. The fourth-order valence-electron chi connectivity index (χ4n) is 13.3. The van der Waals surface area contributed by atoms with Gasteiger partial charge in [0.15, 0.2) is 12.6 Å². The summed E-state index contributed by atoms with van der Waals surface area (Å²) in [6.45, 7) is 2.85. The Labute approximate surface area is 570 Å². The van der Waals surface area contributed by atoms with Crippen LogP contribution >= 0.6 is 0 Å². The highest BCUT2D eigenvalue weighted by molar-refractivity contribution is 5.76. The molecule has 0 aromatic heterocycles. The quantitative estimate of drug-likeness (QED) is 0.0204. The largest absolute Gasteiger partial charge is 0.394 e. The van der Waals surface area contributed by atoms with Gasteiger partial charge in [0.05, 0.1) is 32.0 Å². The Hall–Kier alpha value is -1.79. The van der Waals surface area contributed by atoms with Gasteiger partial charge in [0.1, 0.15) is 48.8 Å². The molecule has 2 aliphatic rings. The predicted octanol–water partition coefficient (Wildman–Crippen LogP) is 17.6. The van der Waals surface area contributed by atoms with E-state index in [1.165, 1.54) is 295 Å². The summed E-state index contributed by atoms with van der Waals surface area (Å²) in [4.78, 5) is 13.4. The summed E-state index contributed by atoms with van der Waals surface area (Å²) in [5.41, 5.74) is 0. The molecule has 0 aliphatic carbocycles. The van der Waals surface area contributed by atoms with Crippen LogP contribution < -0.4 is 5.32 Å². The summed E-state index contributed by atoms with van der Waals surface area (Å²) in [5, 5.41) is 87.6. The number of amides is 1. The minimum Gasteiger partial charge on any atom is -0.394 e. The van der Waals surface area contributed by atoms with Gasteiger partial charge in [-0.05, 0) is 51.4 Å². The van der Waals surface area contributed by atoms with Crippen molar-refractivity contribution in [1.82, 2.24) is 5.32 Å². The maximum atomic E-state index is 13.4. The molecule has 93 heavy (non-hydrogen) atoms. The normalized spacial score (nSPS) is 22.7. The number of allylic oxidation sites excluding steroid dienone is 5. The molecule has 0 aromatic carbocycles.